The lowest BCUT2D eigenvalue weighted by Gasteiger charge is -2.35. The molecule has 1 saturated heterocycles. The summed E-state index contributed by atoms with van der Waals surface area (Å²) in [7, 11) is 1.45. The second-order valence-corrected chi connectivity index (χ2v) is 11.0. The fraction of sp³-hybridized carbons (Fsp3) is 0.654. The molecule has 8 heteroatoms. The van der Waals surface area contributed by atoms with Crippen LogP contribution < -0.4 is 11.2 Å². The predicted molar refractivity (Wildman–Crippen MR) is 135 cm³/mol. The molecule has 2 heterocycles. The molecule has 1 unspecified atom stereocenters. The van der Waals surface area contributed by atoms with E-state index in [2.05, 4.69) is 31.7 Å². The van der Waals surface area contributed by atoms with Crippen LogP contribution in [0.25, 0.3) is 10.9 Å². The number of benzene rings is 1. The van der Waals surface area contributed by atoms with Gasteiger partial charge in [-0.3, -0.25) is 13.9 Å². The molecule has 5 rings (SSSR count). The Morgan fingerprint density at radius 3 is 2.21 bits per heavy atom. The Balaban J connectivity index is 0.000000331. The number of hydrogen-bond donors (Lipinski definition) is 1. The molecule has 8 nitrogen and oxygen atoms in total. The van der Waals surface area contributed by atoms with Crippen molar-refractivity contribution in [3.63, 3.8) is 0 Å². The van der Waals surface area contributed by atoms with Crippen LogP contribution >= 0.6 is 0 Å². The van der Waals surface area contributed by atoms with Crippen LogP contribution in [-0.2, 0) is 11.3 Å². The average molecular weight is 473 g/mol. The molecule has 0 spiro atoms. The number of likely N-dealkylation sites (tertiary alicyclic amines) is 1. The third kappa shape index (κ3) is 6.28. The van der Waals surface area contributed by atoms with Gasteiger partial charge in [0.1, 0.15) is 0 Å². The number of aromatic nitrogens is 2. The molecule has 2 aliphatic carbocycles. The van der Waals surface area contributed by atoms with E-state index in [1.165, 1.54) is 24.5 Å². The fourth-order valence-electron chi connectivity index (χ4n) is 3.68. The van der Waals surface area contributed by atoms with Crippen molar-refractivity contribution in [2.24, 2.45) is 10.8 Å². The quantitative estimate of drug-likeness (QED) is 0.539. The molecule has 34 heavy (non-hydrogen) atoms. The molecule has 1 aliphatic heterocycles. The molecule has 188 valence electrons. The van der Waals surface area contributed by atoms with Gasteiger partial charge in [0, 0.05) is 15.1 Å². The van der Waals surface area contributed by atoms with Gasteiger partial charge >= 0.3 is 5.69 Å². The van der Waals surface area contributed by atoms with Crippen molar-refractivity contribution in [3.8, 4) is 6.19 Å². The number of methoxy groups -OCH3 is 1. The Morgan fingerprint density at radius 2 is 1.76 bits per heavy atom. The van der Waals surface area contributed by atoms with E-state index in [1.54, 1.807) is 16.4 Å². The normalized spacial score (nSPS) is 20.1. The molecule has 3 aliphatic rings. The molecule has 0 amide bonds. The first-order chi connectivity index (χ1) is 15.9. The molecule has 1 aromatic carbocycles. The van der Waals surface area contributed by atoms with Gasteiger partial charge in [-0.1, -0.05) is 32.4 Å². The van der Waals surface area contributed by atoms with Crippen molar-refractivity contribution in [1.82, 2.24) is 14.0 Å². The first-order valence-corrected chi connectivity index (χ1v) is 12.0. The summed E-state index contributed by atoms with van der Waals surface area (Å²) >= 11 is 0. The van der Waals surface area contributed by atoms with Gasteiger partial charge in [-0.2, -0.15) is 5.26 Å². The van der Waals surface area contributed by atoms with Crippen LogP contribution in [0.2, 0.25) is 0 Å². The van der Waals surface area contributed by atoms with Crippen LogP contribution in [0.3, 0.4) is 0 Å². The van der Waals surface area contributed by atoms with E-state index in [9.17, 15) is 9.59 Å². The van der Waals surface area contributed by atoms with Crippen molar-refractivity contribution in [3.05, 3.63) is 44.6 Å². The SMILES string of the molecule is CC1(C)CC1.COC(C)O.Cc1ccc2c(c1)c(=O)n(C1CN(C#N)C1)c(=O)n2CC1(C)CC1.[HH]. The van der Waals surface area contributed by atoms with Gasteiger partial charge in [0.15, 0.2) is 12.5 Å². The van der Waals surface area contributed by atoms with E-state index in [1.807, 2.05) is 25.1 Å². The van der Waals surface area contributed by atoms with E-state index in [4.69, 9.17) is 10.4 Å². The Hall–Kier alpha value is -2.63. The summed E-state index contributed by atoms with van der Waals surface area (Å²) in [5, 5.41) is 17.6. The van der Waals surface area contributed by atoms with Crippen LogP contribution in [0.4, 0.5) is 0 Å². The Kier molecular flexibility index (Phi) is 7.59. The minimum Gasteiger partial charge on any atom is -0.368 e. The lowest BCUT2D eigenvalue weighted by molar-refractivity contribution is -0.0584. The topological polar surface area (TPSA) is 100 Å². The second-order valence-electron chi connectivity index (χ2n) is 11.0. The third-order valence-electron chi connectivity index (χ3n) is 6.93. The van der Waals surface area contributed by atoms with Crippen LogP contribution in [-0.4, -0.2) is 45.6 Å². The average Bonchev–Trinajstić information content (AvgIpc) is 3.66. The molecule has 0 radical (unpaired) electrons. The number of ether oxygens (including phenoxy) is 1. The van der Waals surface area contributed by atoms with Crippen molar-refractivity contribution >= 4 is 10.9 Å². The van der Waals surface area contributed by atoms with Crippen LogP contribution in [0.1, 0.15) is 66.4 Å². The molecule has 3 fully saturated rings. The third-order valence-corrected chi connectivity index (χ3v) is 6.93. The van der Waals surface area contributed by atoms with E-state index in [0.717, 1.165) is 29.3 Å². The Morgan fingerprint density at radius 1 is 1.21 bits per heavy atom. The predicted octanol–water partition coefficient (Wildman–Crippen LogP) is 3.63. The fourth-order valence-corrected chi connectivity index (χ4v) is 3.68. The highest BCUT2D eigenvalue weighted by atomic mass is 16.6. The smallest absolute Gasteiger partial charge is 0.331 e. The summed E-state index contributed by atoms with van der Waals surface area (Å²) in [6, 6.07) is 5.47. The summed E-state index contributed by atoms with van der Waals surface area (Å²) in [6.45, 7) is 11.8. The van der Waals surface area contributed by atoms with Crippen molar-refractivity contribution in [1.29, 1.82) is 5.26 Å². The maximum absolute atomic E-state index is 13.0. The number of aliphatic hydroxyl groups is 1. The Labute approximate surface area is 202 Å². The summed E-state index contributed by atoms with van der Waals surface area (Å²) in [5.74, 6) is 0. The molecular formula is C26H40N4O4. The van der Waals surface area contributed by atoms with Gasteiger partial charge in [-0.15, -0.1) is 0 Å². The standard InChI is InChI=1S/C18H20N4O2.C5H10.C3H8O2.H2/c1-12-3-4-15-14(7-12)16(23)22(13-8-20(9-13)11-19)17(24)21(15)10-18(2)5-6-18;1-5(2)3-4-5;1-3(4)5-2;/h3-4,7,13H,5-6,8-10H2,1-2H3;3-4H2,1-2H3;3-4H,1-2H3;1H. The molecule has 0 bridgehead atoms. The lowest BCUT2D eigenvalue weighted by atomic mass is 10.1. The number of nitrogens with zero attached hydrogens (tertiary/aromatic N) is 4. The van der Waals surface area contributed by atoms with Crippen LogP contribution in [0, 0.1) is 29.2 Å². The summed E-state index contributed by atoms with van der Waals surface area (Å²) in [5.41, 5.74) is 2.14. The van der Waals surface area contributed by atoms with Gasteiger partial charge in [0.2, 0.25) is 0 Å². The lowest BCUT2D eigenvalue weighted by Crippen LogP contribution is -2.54. The molecule has 1 aromatic heterocycles. The van der Waals surface area contributed by atoms with Gasteiger partial charge < -0.3 is 14.7 Å². The highest BCUT2D eigenvalue weighted by molar-refractivity contribution is 5.78. The molecular weight excluding hydrogens is 432 g/mol. The monoisotopic (exact) mass is 472 g/mol. The maximum Gasteiger partial charge on any atom is 0.331 e. The summed E-state index contributed by atoms with van der Waals surface area (Å²) < 4.78 is 7.43. The zero-order valence-electron chi connectivity index (χ0n) is 21.3. The number of fused-ring (bicyclic) bond motifs is 1. The van der Waals surface area contributed by atoms with Gasteiger partial charge in [-0.25, -0.2) is 4.79 Å². The van der Waals surface area contributed by atoms with Crippen molar-refractivity contribution in [2.45, 2.75) is 79.2 Å². The highest BCUT2D eigenvalue weighted by Crippen LogP contribution is 2.46. The largest absolute Gasteiger partial charge is 0.368 e. The zero-order chi connectivity index (χ0) is 25.3. The second kappa shape index (κ2) is 9.93. The minimum absolute atomic E-state index is 0. The molecule has 1 atom stereocenters. The van der Waals surface area contributed by atoms with E-state index in [-0.39, 0.29) is 24.1 Å². The van der Waals surface area contributed by atoms with Crippen molar-refractivity contribution in [2.75, 3.05) is 20.2 Å². The first kappa shape index (κ1) is 26.0. The summed E-state index contributed by atoms with van der Waals surface area (Å²) in [4.78, 5) is 27.5. The van der Waals surface area contributed by atoms with Crippen LogP contribution in [0.15, 0.2) is 27.8 Å². The van der Waals surface area contributed by atoms with E-state index >= 15 is 0 Å². The van der Waals surface area contributed by atoms with Gasteiger partial charge in [0.25, 0.3) is 5.56 Å². The Bertz CT molecular complexity index is 1180. The van der Waals surface area contributed by atoms with E-state index in [0.29, 0.717) is 25.0 Å². The first-order valence-electron chi connectivity index (χ1n) is 12.0. The molecule has 2 aromatic rings. The van der Waals surface area contributed by atoms with E-state index < -0.39 is 6.29 Å². The molecule has 1 N–H and O–H groups in total. The number of hydrogen-bond acceptors (Lipinski definition) is 6. The van der Waals surface area contributed by atoms with Gasteiger partial charge in [-0.05, 0) is 62.5 Å². The van der Waals surface area contributed by atoms with Crippen molar-refractivity contribution < 1.29 is 11.3 Å². The maximum atomic E-state index is 13.0. The number of nitriles is 1. The summed E-state index contributed by atoms with van der Waals surface area (Å²) in [6.07, 6.45) is 6.56. The minimum atomic E-state index is -0.616. The molecule has 2 saturated carbocycles. The van der Waals surface area contributed by atoms with Gasteiger partial charge in [0.05, 0.1) is 30.0 Å². The highest BCUT2D eigenvalue weighted by Gasteiger charge is 2.39. The zero-order valence-corrected chi connectivity index (χ0v) is 21.3. The number of aryl methyl sites for hydroxylation is 1. The number of aliphatic hydroxyl groups excluding tert-OH is 1. The van der Waals surface area contributed by atoms with Crippen LogP contribution in [0.5, 0.6) is 0 Å². The number of rotatable bonds is 4.